The first kappa shape index (κ1) is 18.9. The Labute approximate surface area is 166 Å². The van der Waals surface area contributed by atoms with Crippen molar-refractivity contribution in [1.82, 2.24) is 19.8 Å². The van der Waals surface area contributed by atoms with Gasteiger partial charge in [0.25, 0.3) is 0 Å². The van der Waals surface area contributed by atoms with Crippen LogP contribution in [-0.2, 0) is 24.3 Å². The van der Waals surface area contributed by atoms with Gasteiger partial charge in [0.05, 0.1) is 7.11 Å². The molecule has 1 fully saturated rings. The van der Waals surface area contributed by atoms with Crippen LogP contribution in [0, 0.1) is 0 Å². The number of hydrogen-bond donors (Lipinski definition) is 0. The molecule has 2 aliphatic heterocycles. The van der Waals surface area contributed by atoms with Crippen molar-refractivity contribution in [3.8, 4) is 5.75 Å². The minimum atomic E-state index is 0.148. The van der Waals surface area contributed by atoms with Crippen LogP contribution in [0.3, 0.4) is 0 Å². The van der Waals surface area contributed by atoms with Gasteiger partial charge in [-0.2, -0.15) is 0 Å². The predicted molar refractivity (Wildman–Crippen MR) is 107 cm³/mol. The van der Waals surface area contributed by atoms with Crippen LogP contribution in [-0.4, -0.2) is 52.4 Å². The van der Waals surface area contributed by atoms with Crippen molar-refractivity contribution in [2.24, 2.45) is 0 Å². The average Bonchev–Trinajstić information content (AvgIpc) is 2.74. The van der Waals surface area contributed by atoms with E-state index in [1.807, 2.05) is 23.2 Å². The number of ether oxygens (including phenoxy) is 1. The number of carbonyl (C=O) groups is 1. The number of nitrogens with zero attached hydrogens (tertiary/aromatic N) is 4. The lowest BCUT2D eigenvalue weighted by Crippen LogP contribution is -2.38. The maximum atomic E-state index is 11.7. The smallest absolute Gasteiger partial charge is 0.219 e. The van der Waals surface area contributed by atoms with Crippen molar-refractivity contribution < 1.29 is 9.53 Å². The number of carbonyl (C=O) groups excluding carboxylic acids is 1. The summed E-state index contributed by atoms with van der Waals surface area (Å²) in [7, 11) is 1.72. The lowest BCUT2D eigenvalue weighted by atomic mass is 9.96. The van der Waals surface area contributed by atoms with Gasteiger partial charge in [-0.1, -0.05) is 18.2 Å². The first-order chi connectivity index (χ1) is 13.6. The van der Waals surface area contributed by atoms with Gasteiger partial charge in [0, 0.05) is 75.0 Å². The van der Waals surface area contributed by atoms with Crippen LogP contribution in [0.2, 0.25) is 0 Å². The molecule has 3 heterocycles. The third-order valence-electron chi connectivity index (χ3n) is 5.85. The van der Waals surface area contributed by atoms with E-state index in [-0.39, 0.29) is 11.8 Å². The molecule has 2 aromatic rings. The molecule has 0 bridgehead atoms. The van der Waals surface area contributed by atoms with Gasteiger partial charge in [0.2, 0.25) is 5.91 Å². The standard InChI is InChI=1S/C22H28N4O2/c1-16(27)26-10-5-7-18(15-26)22-23-12-19-14-25(11-9-20(19)24-22)13-17-6-3-4-8-21(17)28-2/h3-4,6,8,12,18H,5,7,9-11,13-15H2,1-2H3/t18-/m1/s1. The summed E-state index contributed by atoms with van der Waals surface area (Å²) in [5, 5.41) is 0. The van der Waals surface area contributed by atoms with Crippen LogP contribution in [0.1, 0.15) is 48.3 Å². The Morgan fingerprint density at radius 3 is 2.96 bits per heavy atom. The van der Waals surface area contributed by atoms with E-state index in [9.17, 15) is 4.79 Å². The van der Waals surface area contributed by atoms with Gasteiger partial charge >= 0.3 is 0 Å². The van der Waals surface area contributed by atoms with E-state index >= 15 is 0 Å². The van der Waals surface area contributed by atoms with E-state index in [2.05, 4.69) is 22.0 Å². The summed E-state index contributed by atoms with van der Waals surface area (Å²) in [6.07, 6.45) is 5.02. The van der Waals surface area contributed by atoms with Crippen molar-refractivity contribution in [2.45, 2.75) is 45.2 Å². The first-order valence-electron chi connectivity index (χ1n) is 10.1. The van der Waals surface area contributed by atoms with Gasteiger partial charge in [-0.3, -0.25) is 9.69 Å². The van der Waals surface area contributed by atoms with Gasteiger partial charge in [-0.25, -0.2) is 9.97 Å². The topological polar surface area (TPSA) is 58.6 Å². The maximum absolute atomic E-state index is 11.7. The van der Waals surface area contributed by atoms with Crippen LogP contribution in [0.15, 0.2) is 30.5 Å². The molecule has 148 valence electrons. The van der Waals surface area contributed by atoms with E-state index in [0.29, 0.717) is 0 Å². The summed E-state index contributed by atoms with van der Waals surface area (Å²) < 4.78 is 5.49. The molecular formula is C22H28N4O2. The molecular weight excluding hydrogens is 352 g/mol. The quantitative estimate of drug-likeness (QED) is 0.816. The summed E-state index contributed by atoms with van der Waals surface area (Å²) in [5.41, 5.74) is 3.59. The second kappa shape index (κ2) is 8.27. The van der Waals surface area contributed by atoms with Crippen molar-refractivity contribution >= 4 is 5.91 Å². The van der Waals surface area contributed by atoms with Gasteiger partial charge in [0.1, 0.15) is 11.6 Å². The zero-order valence-electron chi connectivity index (χ0n) is 16.7. The highest BCUT2D eigenvalue weighted by molar-refractivity contribution is 5.73. The Morgan fingerprint density at radius 1 is 1.29 bits per heavy atom. The Morgan fingerprint density at radius 2 is 2.14 bits per heavy atom. The van der Waals surface area contributed by atoms with Crippen molar-refractivity contribution in [1.29, 1.82) is 0 Å². The fraction of sp³-hybridized carbons (Fsp3) is 0.500. The number of amides is 1. The van der Waals surface area contributed by atoms with Crippen LogP contribution in [0.4, 0.5) is 0 Å². The number of benzene rings is 1. The Bertz CT molecular complexity index is 854. The number of likely N-dealkylation sites (tertiary alicyclic amines) is 1. The van der Waals surface area contributed by atoms with Gasteiger partial charge in [0.15, 0.2) is 0 Å². The molecule has 0 spiro atoms. The van der Waals surface area contributed by atoms with Crippen LogP contribution in [0.5, 0.6) is 5.75 Å². The van der Waals surface area contributed by atoms with Crippen LogP contribution < -0.4 is 4.74 Å². The number of hydrogen-bond acceptors (Lipinski definition) is 5. The molecule has 4 rings (SSSR count). The van der Waals surface area contributed by atoms with Crippen LogP contribution >= 0.6 is 0 Å². The Balaban J connectivity index is 1.45. The van der Waals surface area contributed by atoms with E-state index in [4.69, 9.17) is 9.72 Å². The number of aromatic nitrogens is 2. The molecule has 6 heteroatoms. The zero-order valence-corrected chi connectivity index (χ0v) is 16.7. The van der Waals surface area contributed by atoms with E-state index in [0.717, 1.165) is 63.6 Å². The molecule has 0 aliphatic carbocycles. The van der Waals surface area contributed by atoms with E-state index in [1.165, 1.54) is 16.8 Å². The summed E-state index contributed by atoms with van der Waals surface area (Å²) in [6, 6.07) is 8.19. The highest BCUT2D eigenvalue weighted by atomic mass is 16.5. The summed E-state index contributed by atoms with van der Waals surface area (Å²) in [6.45, 7) is 5.94. The van der Waals surface area contributed by atoms with Gasteiger partial charge in [-0.05, 0) is 18.9 Å². The molecule has 1 aromatic carbocycles. The molecule has 0 saturated carbocycles. The molecule has 1 atom stereocenters. The third-order valence-corrected chi connectivity index (χ3v) is 5.85. The number of piperidine rings is 1. The lowest BCUT2D eigenvalue weighted by molar-refractivity contribution is -0.130. The van der Waals surface area contributed by atoms with Crippen LogP contribution in [0.25, 0.3) is 0 Å². The molecule has 2 aliphatic rings. The lowest BCUT2D eigenvalue weighted by Gasteiger charge is -2.32. The van der Waals surface area contributed by atoms with Gasteiger partial charge in [-0.15, -0.1) is 0 Å². The van der Waals surface area contributed by atoms with E-state index < -0.39 is 0 Å². The fourth-order valence-electron chi connectivity index (χ4n) is 4.27. The maximum Gasteiger partial charge on any atom is 0.219 e. The Kier molecular flexibility index (Phi) is 5.57. The van der Waals surface area contributed by atoms with Crippen molar-refractivity contribution in [2.75, 3.05) is 26.7 Å². The molecule has 1 saturated heterocycles. The molecule has 1 amide bonds. The summed E-state index contributed by atoms with van der Waals surface area (Å²) in [4.78, 5) is 25.6. The average molecular weight is 380 g/mol. The molecule has 1 aromatic heterocycles. The highest BCUT2D eigenvalue weighted by Crippen LogP contribution is 2.27. The number of rotatable bonds is 4. The number of methoxy groups -OCH3 is 1. The highest BCUT2D eigenvalue weighted by Gasteiger charge is 2.26. The number of fused-ring (bicyclic) bond motifs is 1. The molecule has 0 N–H and O–H groups in total. The molecule has 6 nitrogen and oxygen atoms in total. The van der Waals surface area contributed by atoms with Crippen molar-refractivity contribution in [3.63, 3.8) is 0 Å². The second-order valence-corrected chi connectivity index (χ2v) is 7.78. The number of para-hydroxylation sites is 1. The van der Waals surface area contributed by atoms with E-state index in [1.54, 1.807) is 14.0 Å². The Hall–Kier alpha value is -2.47. The summed E-state index contributed by atoms with van der Waals surface area (Å²) in [5.74, 6) is 2.25. The second-order valence-electron chi connectivity index (χ2n) is 7.78. The minimum Gasteiger partial charge on any atom is -0.496 e. The van der Waals surface area contributed by atoms with Crippen molar-refractivity contribution in [3.05, 3.63) is 53.1 Å². The normalized spacial score (nSPS) is 19.9. The fourth-order valence-corrected chi connectivity index (χ4v) is 4.27. The minimum absolute atomic E-state index is 0.148. The third kappa shape index (κ3) is 4.02. The largest absolute Gasteiger partial charge is 0.496 e. The zero-order chi connectivity index (χ0) is 19.5. The predicted octanol–water partition coefficient (Wildman–Crippen LogP) is 2.77. The molecule has 0 radical (unpaired) electrons. The van der Waals surface area contributed by atoms with Gasteiger partial charge < -0.3 is 9.64 Å². The summed E-state index contributed by atoms with van der Waals surface area (Å²) >= 11 is 0. The first-order valence-corrected chi connectivity index (χ1v) is 10.1. The molecule has 28 heavy (non-hydrogen) atoms. The SMILES string of the molecule is COc1ccccc1CN1CCc2nc([C@@H]3CCCN(C(C)=O)C3)ncc2C1. The molecule has 0 unspecified atom stereocenters. The monoisotopic (exact) mass is 380 g/mol.